The fraction of sp³-hybridized carbons (Fsp3) is 0.550. The second-order valence-corrected chi connectivity index (χ2v) is 7.03. The Balaban J connectivity index is 1.91. The topological polar surface area (TPSA) is 75.7 Å². The fourth-order valence-electron chi connectivity index (χ4n) is 3.23. The quantitative estimate of drug-likeness (QED) is 0.790. The van der Waals surface area contributed by atoms with Crippen LogP contribution < -0.4 is 10.1 Å². The lowest BCUT2D eigenvalue weighted by Crippen LogP contribution is -2.43. The van der Waals surface area contributed by atoms with Crippen LogP contribution >= 0.6 is 0 Å². The molecular formula is C20H28N2O4. The van der Waals surface area contributed by atoms with Gasteiger partial charge in [0.1, 0.15) is 5.75 Å². The highest BCUT2D eigenvalue weighted by Crippen LogP contribution is 2.27. The smallest absolute Gasteiger partial charge is 0.223 e. The molecule has 1 N–H and O–H groups in total. The lowest BCUT2D eigenvalue weighted by molar-refractivity contribution is -0.133. The van der Waals surface area contributed by atoms with E-state index in [2.05, 4.69) is 5.32 Å². The van der Waals surface area contributed by atoms with E-state index in [0.29, 0.717) is 31.5 Å². The predicted octanol–water partition coefficient (Wildman–Crippen LogP) is 2.38. The summed E-state index contributed by atoms with van der Waals surface area (Å²) in [7, 11) is 1.61. The number of ether oxygens (including phenoxy) is 1. The summed E-state index contributed by atoms with van der Waals surface area (Å²) in [6, 6.07) is 5.36. The third kappa shape index (κ3) is 4.84. The zero-order valence-electron chi connectivity index (χ0n) is 16.0. The van der Waals surface area contributed by atoms with E-state index in [-0.39, 0.29) is 36.0 Å². The molecule has 1 fully saturated rings. The van der Waals surface area contributed by atoms with Crippen LogP contribution in [-0.4, -0.2) is 49.2 Å². The van der Waals surface area contributed by atoms with Crippen molar-refractivity contribution in [3.63, 3.8) is 0 Å². The van der Waals surface area contributed by atoms with Gasteiger partial charge in [0.2, 0.25) is 11.8 Å². The minimum atomic E-state index is -0.138. The Morgan fingerprint density at radius 2 is 1.88 bits per heavy atom. The van der Waals surface area contributed by atoms with Crippen molar-refractivity contribution in [3.05, 3.63) is 29.3 Å². The van der Waals surface area contributed by atoms with Gasteiger partial charge in [0.05, 0.1) is 13.7 Å². The van der Waals surface area contributed by atoms with E-state index in [9.17, 15) is 14.4 Å². The highest BCUT2D eigenvalue weighted by molar-refractivity contribution is 5.99. The molecule has 1 aromatic rings. The van der Waals surface area contributed by atoms with Crippen molar-refractivity contribution in [1.29, 1.82) is 0 Å². The van der Waals surface area contributed by atoms with Crippen LogP contribution in [0.1, 0.15) is 55.5 Å². The Bertz CT molecular complexity index is 676. The monoisotopic (exact) mass is 360 g/mol. The molecule has 1 saturated heterocycles. The predicted molar refractivity (Wildman–Crippen MR) is 99.4 cm³/mol. The third-order valence-corrected chi connectivity index (χ3v) is 4.91. The van der Waals surface area contributed by atoms with Gasteiger partial charge in [-0.25, -0.2) is 0 Å². The number of nitrogens with zero attached hydrogens (tertiary/aromatic N) is 1. The number of rotatable bonds is 6. The third-order valence-electron chi connectivity index (χ3n) is 4.91. The molecule has 0 bridgehead atoms. The van der Waals surface area contributed by atoms with Gasteiger partial charge >= 0.3 is 0 Å². The summed E-state index contributed by atoms with van der Waals surface area (Å²) in [6.45, 7) is 6.80. The van der Waals surface area contributed by atoms with Crippen LogP contribution in [0.15, 0.2) is 18.2 Å². The molecule has 6 nitrogen and oxygen atoms in total. The molecule has 1 aliphatic heterocycles. The molecule has 142 valence electrons. The van der Waals surface area contributed by atoms with Gasteiger partial charge in [-0.2, -0.15) is 0 Å². The number of hydrogen-bond donors (Lipinski definition) is 1. The second kappa shape index (κ2) is 8.83. The molecule has 2 amide bonds. The lowest BCUT2D eigenvalue weighted by atomic mass is 9.95. The number of methoxy groups -OCH3 is 1. The number of amides is 2. The maximum atomic E-state index is 12.4. The van der Waals surface area contributed by atoms with Crippen LogP contribution in [0.5, 0.6) is 5.75 Å². The Morgan fingerprint density at radius 1 is 1.23 bits per heavy atom. The van der Waals surface area contributed by atoms with Crippen LogP contribution in [0.3, 0.4) is 0 Å². The minimum Gasteiger partial charge on any atom is -0.496 e. The number of Topliss-reactive ketones (excluding diaryl/α,β-unsaturated/α-hetero) is 1. The zero-order valence-corrected chi connectivity index (χ0v) is 16.0. The summed E-state index contributed by atoms with van der Waals surface area (Å²) in [5, 5.41) is 2.75. The molecular weight excluding hydrogens is 332 g/mol. The summed E-state index contributed by atoms with van der Waals surface area (Å²) in [5.41, 5.74) is 1.54. The molecule has 0 unspecified atom stereocenters. The number of benzene rings is 1. The van der Waals surface area contributed by atoms with Gasteiger partial charge in [0.15, 0.2) is 5.78 Å². The van der Waals surface area contributed by atoms with Gasteiger partial charge in [-0.15, -0.1) is 0 Å². The van der Waals surface area contributed by atoms with Gasteiger partial charge in [0.25, 0.3) is 0 Å². The average molecular weight is 360 g/mol. The van der Waals surface area contributed by atoms with Gasteiger partial charge < -0.3 is 15.0 Å². The molecule has 2 rings (SSSR count). The van der Waals surface area contributed by atoms with E-state index < -0.39 is 0 Å². The van der Waals surface area contributed by atoms with Crippen LogP contribution in [0.4, 0.5) is 0 Å². The average Bonchev–Trinajstić information content (AvgIpc) is 2.65. The van der Waals surface area contributed by atoms with Gasteiger partial charge in [-0.05, 0) is 42.5 Å². The van der Waals surface area contributed by atoms with E-state index in [1.165, 1.54) is 0 Å². The molecule has 0 aromatic heterocycles. The Labute approximate surface area is 154 Å². The molecule has 1 aliphatic rings. The summed E-state index contributed by atoms with van der Waals surface area (Å²) in [6.07, 6.45) is 1.28. The van der Waals surface area contributed by atoms with Crippen LogP contribution in [-0.2, 0) is 9.59 Å². The van der Waals surface area contributed by atoms with E-state index in [1.54, 1.807) is 31.1 Å². The molecule has 0 spiro atoms. The van der Waals surface area contributed by atoms with E-state index in [0.717, 1.165) is 11.3 Å². The summed E-state index contributed by atoms with van der Waals surface area (Å²) in [5.74, 6) is 0.666. The first kappa shape index (κ1) is 19.9. The minimum absolute atomic E-state index is 0.0182. The van der Waals surface area contributed by atoms with Crippen LogP contribution in [0.2, 0.25) is 0 Å². The van der Waals surface area contributed by atoms with Crippen molar-refractivity contribution in [2.45, 2.75) is 39.5 Å². The summed E-state index contributed by atoms with van der Waals surface area (Å²) in [4.78, 5) is 37.8. The van der Waals surface area contributed by atoms with Crippen molar-refractivity contribution in [2.75, 3.05) is 26.7 Å². The van der Waals surface area contributed by atoms with Crippen molar-refractivity contribution < 1.29 is 19.1 Å². The van der Waals surface area contributed by atoms with Crippen molar-refractivity contribution in [1.82, 2.24) is 10.2 Å². The number of hydrogen-bond acceptors (Lipinski definition) is 4. The largest absolute Gasteiger partial charge is 0.496 e. The second-order valence-electron chi connectivity index (χ2n) is 7.03. The van der Waals surface area contributed by atoms with Crippen LogP contribution in [0.25, 0.3) is 0 Å². The lowest BCUT2D eigenvalue weighted by Gasteiger charge is -2.30. The number of carbonyl (C=O) groups is 3. The maximum absolute atomic E-state index is 12.4. The van der Waals surface area contributed by atoms with E-state index >= 15 is 0 Å². The van der Waals surface area contributed by atoms with Crippen LogP contribution in [0, 0.1) is 5.92 Å². The molecule has 6 heteroatoms. The van der Waals surface area contributed by atoms with Crippen molar-refractivity contribution in [2.24, 2.45) is 5.92 Å². The molecule has 0 aliphatic carbocycles. The number of nitrogens with one attached hydrogen (secondary N) is 1. The van der Waals surface area contributed by atoms with Gasteiger partial charge in [-0.1, -0.05) is 13.8 Å². The number of carbonyl (C=O) groups excluding carboxylic acids is 3. The molecule has 0 saturated carbocycles. The number of likely N-dealkylation sites (tertiary alicyclic amines) is 1. The summed E-state index contributed by atoms with van der Waals surface area (Å²) < 4.78 is 5.34. The first-order valence-electron chi connectivity index (χ1n) is 9.07. The highest BCUT2D eigenvalue weighted by Gasteiger charge is 2.26. The van der Waals surface area contributed by atoms with Crippen molar-refractivity contribution in [3.8, 4) is 5.75 Å². The van der Waals surface area contributed by atoms with Gasteiger partial charge in [-0.3, -0.25) is 14.4 Å². The Morgan fingerprint density at radius 3 is 2.42 bits per heavy atom. The van der Waals surface area contributed by atoms with Gasteiger partial charge in [0, 0.05) is 31.5 Å². The van der Waals surface area contributed by atoms with Crippen molar-refractivity contribution >= 4 is 17.6 Å². The van der Waals surface area contributed by atoms with E-state index in [1.807, 2.05) is 19.9 Å². The molecule has 1 aromatic carbocycles. The molecule has 0 atom stereocenters. The summed E-state index contributed by atoms with van der Waals surface area (Å²) >= 11 is 0. The zero-order chi connectivity index (χ0) is 19.3. The molecule has 0 radical (unpaired) electrons. The fourth-order valence-corrected chi connectivity index (χ4v) is 3.23. The molecule has 1 heterocycles. The Hall–Kier alpha value is -2.37. The maximum Gasteiger partial charge on any atom is 0.223 e. The number of piperidine rings is 1. The normalized spacial score (nSPS) is 15.0. The first-order valence-corrected chi connectivity index (χ1v) is 9.07. The number of ketones is 1. The SMILES string of the molecule is COc1ccc(C(=O)CNC(=O)C2CCN(C(C)=O)CC2)cc1C(C)C. The highest BCUT2D eigenvalue weighted by atomic mass is 16.5. The standard InChI is InChI=1S/C20H28N2O4/c1-13(2)17-11-16(5-6-19(17)26-4)18(24)12-21-20(25)15-7-9-22(10-8-15)14(3)23/h5-6,11,13,15H,7-10,12H2,1-4H3,(H,21,25). The Kier molecular flexibility index (Phi) is 6.77. The molecule has 26 heavy (non-hydrogen) atoms. The first-order chi connectivity index (χ1) is 12.3. The van der Waals surface area contributed by atoms with E-state index in [4.69, 9.17) is 4.74 Å².